The maximum atomic E-state index is 10.5. The van der Waals surface area contributed by atoms with Crippen molar-refractivity contribution in [2.45, 2.75) is 6.42 Å². The third-order valence-corrected chi connectivity index (χ3v) is 2.23. The van der Waals surface area contributed by atoms with Gasteiger partial charge < -0.3 is 20.7 Å². The molecule has 0 saturated heterocycles. The molecule has 1 rings (SSSR count). The maximum Gasteiger partial charge on any atom is 0.328 e. The Kier molecular flexibility index (Phi) is 5.45. The second-order valence-corrected chi connectivity index (χ2v) is 3.63. The van der Waals surface area contributed by atoms with E-state index < -0.39 is 5.97 Å². The lowest BCUT2D eigenvalue weighted by atomic mass is 10.1. The summed E-state index contributed by atoms with van der Waals surface area (Å²) in [6.45, 7) is 0.434. The van der Waals surface area contributed by atoms with E-state index in [2.05, 4.69) is 11.8 Å². The number of hydrogen-bond donors (Lipinski definition) is 3. The predicted molar refractivity (Wildman–Crippen MR) is 71.9 cm³/mol. The number of methoxy groups -OCH3 is 1. The zero-order chi connectivity index (χ0) is 14.3. The van der Waals surface area contributed by atoms with E-state index in [4.69, 9.17) is 15.6 Å². The molecule has 1 aromatic carbocycles. The fraction of sp³-hybridized carbons (Fsp3) is 0.214. The highest BCUT2D eigenvalue weighted by atomic mass is 16.5. The molecule has 0 radical (unpaired) electrons. The van der Waals surface area contributed by atoms with Gasteiger partial charge in [0, 0.05) is 19.0 Å². The maximum absolute atomic E-state index is 10.5. The molecular weight excluding hydrogens is 246 g/mol. The van der Waals surface area contributed by atoms with Crippen LogP contribution in [0.1, 0.15) is 17.5 Å². The zero-order valence-electron chi connectivity index (χ0n) is 10.5. The number of carbonyl (C=O) groups is 1. The summed E-state index contributed by atoms with van der Waals surface area (Å²) in [7, 11) is 1.41. The van der Waals surface area contributed by atoms with Crippen LogP contribution in [0.25, 0.3) is 6.08 Å². The van der Waals surface area contributed by atoms with Crippen LogP contribution in [0, 0.1) is 11.8 Å². The number of benzene rings is 1. The van der Waals surface area contributed by atoms with Gasteiger partial charge in [-0.3, -0.25) is 0 Å². The number of phenolic OH excluding ortho intramolecular Hbond substituents is 1. The third kappa shape index (κ3) is 4.37. The Morgan fingerprint density at radius 1 is 1.53 bits per heavy atom. The second kappa shape index (κ2) is 7.09. The van der Waals surface area contributed by atoms with Crippen molar-refractivity contribution < 1.29 is 19.7 Å². The van der Waals surface area contributed by atoms with Gasteiger partial charge in [-0.2, -0.15) is 0 Å². The Labute approximate surface area is 111 Å². The van der Waals surface area contributed by atoms with Crippen molar-refractivity contribution in [2.75, 3.05) is 13.7 Å². The first kappa shape index (κ1) is 14.6. The van der Waals surface area contributed by atoms with Gasteiger partial charge in [0.15, 0.2) is 11.5 Å². The SMILES string of the molecule is COc1cc(C=CC(=O)O)cc(C#CCCN)c1O. The number of ether oxygens (including phenoxy) is 1. The molecule has 5 heteroatoms. The minimum absolute atomic E-state index is 0.0699. The van der Waals surface area contributed by atoms with E-state index in [1.807, 2.05) is 0 Å². The lowest BCUT2D eigenvalue weighted by molar-refractivity contribution is -0.131. The molecule has 100 valence electrons. The molecule has 0 bridgehead atoms. The van der Waals surface area contributed by atoms with Crippen LogP contribution in [0.2, 0.25) is 0 Å². The first-order valence-electron chi connectivity index (χ1n) is 5.59. The summed E-state index contributed by atoms with van der Waals surface area (Å²) in [4.78, 5) is 10.5. The fourth-order valence-electron chi connectivity index (χ4n) is 1.37. The minimum Gasteiger partial charge on any atom is -0.503 e. The van der Waals surface area contributed by atoms with E-state index in [-0.39, 0.29) is 11.5 Å². The normalized spacial score (nSPS) is 10.0. The quantitative estimate of drug-likeness (QED) is 0.559. The Balaban J connectivity index is 3.19. The number of carboxylic acid groups (broad SMARTS) is 1. The molecule has 0 heterocycles. The average Bonchev–Trinajstić information content (AvgIpc) is 2.39. The molecule has 0 saturated carbocycles. The molecule has 0 aliphatic heterocycles. The first-order chi connectivity index (χ1) is 9.08. The van der Waals surface area contributed by atoms with E-state index >= 15 is 0 Å². The van der Waals surface area contributed by atoms with E-state index in [0.29, 0.717) is 24.1 Å². The summed E-state index contributed by atoms with van der Waals surface area (Å²) in [5, 5.41) is 18.5. The molecule has 0 aromatic heterocycles. The van der Waals surface area contributed by atoms with E-state index in [1.165, 1.54) is 19.3 Å². The minimum atomic E-state index is -1.05. The fourth-order valence-corrected chi connectivity index (χ4v) is 1.37. The van der Waals surface area contributed by atoms with Crippen LogP contribution in [0.3, 0.4) is 0 Å². The van der Waals surface area contributed by atoms with E-state index in [1.54, 1.807) is 6.07 Å². The molecule has 5 nitrogen and oxygen atoms in total. The summed E-state index contributed by atoms with van der Waals surface area (Å²) in [5.41, 5.74) is 6.28. The molecule has 4 N–H and O–H groups in total. The number of rotatable bonds is 4. The van der Waals surface area contributed by atoms with Crippen molar-refractivity contribution in [1.82, 2.24) is 0 Å². The van der Waals surface area contributed by atoms with Crippen LogP contribution in [-0.2, 0) is 4.79 Å². The van der Waals surface area contributed by atoms with Crippen LogP contribution in [0.15, 0.2) is 18.2 Å². The molecular formula is C14H15NO4. The number of hydrogen-bond acceptors (Lipinski definition) is 4. The lowest BCUT2D eigenvalue weighted by Crippen LogP contribution is -1.95. The van der Waals surface area contributed by atoms with Gasteiger partial charge in [-0.1, -0.05) is 11.8 Å². The van der Waals surface area contributed by atoms with E-state index in [0.717, 1.165) is 6.08 Å². The van der Waals surface area contributed by atoms with Crippen LogP contribution in [0.4, 0.5) is 0 Å². The molecule has 1 aromatic rings. The summed E-state index contributed by atoms with van der Waals surface area (Å²) in [6, 6.07) is 3.11. The van der Waals surface area contributed by atoms with Crippen molar-refractivity contribution in [3.05, 3.63) is 29.3 Å². The predicted octanol–water partition coefficient (Wildman–Crippen LogP) is 1.20. The average molecular weight is 261 g/mol. The number of nitrogens with two attached hydrogens (primary N) is 1. The van der Waals surface area contributed by atoms with Crippen LogP contribution < -0.4 is 10.5 Å². The highest BCUT2D eigenvalue weighted by Crippen LogP contribution is 2.31. The van der Waals surface area contributed by atoms with Crippen molar-refractivity contribution in [3.8, 4) is 23.3 Å². The smallest absolute Gasteiger partial charge is 0.328 e. The van der Waals surface area contributed by atoms with Gasteiger partial charge in [0.25, 0.3) is 0 Å². The van der Waals surface area contributed by atoms with Gasteiger partial charge in [-0.15, -0.1) is 0 Å². The summed E-state index contributed by atoms with van der Waals surface area (Å²) >= 11 is 0. The molecule has 0 aliphatic rings. The largest absolute Gasteiger partial charge is 0.503 e. The summed E-state index contributed by atoms with van der Waals surface area (Å²) in [5.74, 6) is 4.70. The number of aliphatic carboxylic acids is 1. The highest BCUT2D eigenvalue weighted by molar-refractivity contribution is 5.85. The van der Waals surface area contributed by atoms with Gasteiger partial charge in [0.05, 0.1) is 12.7 Å². The molecule has 0 amide bonds. The standard InChI is InChI=1S/C14H15NO4/c1-19-12-9-10(5-6-13(16)17)8-11(14(12)18)4-2-3-7-15/h5-6,8-9,18H,3,7,15H2,1H3,(H,16,17). The number of phenols is 1. The topological polar surface area (TPSA) is 92.8 Å². The Morgan fingerprint density at radius 3 is 2.84 bits per heavy atom. The van der Waals surface area contributed by atoms with Gasteiger partial charge in [-0.05, 0) is 23.8 Å². The van der Waals surface area contributed by atoms with Gasteiger partial charge in [-0.25, -0.2) is 4.79 Å². The molecule has 19 heavy (non-hydrogen) atoms. The molecule has 0 unspecified atom stereocenters. The monoisotopic (exact) mass is 261 g/mol. The zero-order valence-corrected chi connectivity index (χ0v) is 10.5. The van der Waals surface area contributed by atoms with Gasteiger partial charge >= 0.3 is 5.97 Å². The van der Waals surface area contributed by atoms with Crippen LogP contribution in [0.5, 0.6) is 11.5 Å². The molecule has 0 fully saturated rings. The van der Waals surface area contributed by atoms with Gasteiger partial charge in [0.1, 0.15) is 0 Å². The Bertz CT molecular complexity index is 553. The van der Waals surface area contributed by atoms with Crippen LogP contribution in [-0.4, -0.2) is 29.8 Å². The first-order valence-corrected chi connectivity index (χ1v) is 5.59. The molecule has 0 atom stereocenters. The molecule has 0 spiro atoms. The Hall–Kier alpha value is -2.45. The summed E-state index contributed by atoms with van der Waals surface area (Å²) < 4.78 is 5.02. The number of aromatic hydroxyl groups is 1. The van der Waals surface area contributed by atoms with Crippen molar-refractivity contribution in [2.24, 2.45) is 5.73 Å². The van der Waals surface area contributed by atoms with Crippen molar-refractivity contribution in [3.63, 3.8) is 0 Å². The second-order valence-electron chi connectivity index (χ2n) is 3.63. The molecule has 0 aliphatic carbocycles. The highest BCUT2D eigenvalue weighted by Gasteiger charge is 2.08. The van der Waals surface area contributed by atoms with Crippen LogP contribution >= 0.6 is 0 Å². The van der Waals surface area contributed by atoms with Crippen molar-refractivity contribution >= 4 is 12.0 Å². The van der Waals surface area contributed by atoms with Crippen molar-refractivity contribution in [1.29, 1.82) is 0 Å². The lowest BCUT2D eigenvalue weighted by Gasteiger charge is -2.06. The summed E-state index contributed by atoms with van der Waals surface area (Å²) in [6.07, 6.45) is 2.91. The number of carboxylic acids is 1. The third-order valence-electron chi connectivity index (χ3n) is 2.23. The van der Waals surface area contributed by atoms with E-state index in [9.17, 15) is 9.90 Å². The van der Waals surface area contributed by atoms with Gasteiger partial charge in [0.2, 0.25) is 0 Å². The Morgan fingerprint density at radius 2 is 2.26 bits per heavy atom.